The zero-order chi connectivity index (χ0) is 14.6. The molecule has 0 saturated carbocycles. The third-order valence-electron chi connectivity index (χ3n) is 3.56. The Kier molecular flexibility index (Phi) is 5.12. The third kappa shape index (κ3) is 4.06. The van der Waals surface area contributed by atoms with Gasteiger partial charge in [0.2, 0.25) is 0 Å². The lowest BCUT2D eigenvalue weighted by atomic mass is 9.83. The monoisotopic (exact) mass is 262 g/mol. The predicted molar refractivity (Wildman–Crippen MR) is 80.3 cm³/mol. The van der Waals surface area contributed by atoms with E-state index in [1.165, 1.54) is 0 Å². The van der Waals surface area contributed by atoms with E-state index in [0.717, 1.165) is 11.1 Å². The van der Waals surface area contributed by atoms with Gasteiger partial charge in [0.1, 0.15) is 0 Å². The van der Waals surface area contributed by atoms with Gasteiger partial charge in [-0.05, 0) is 36.4 Å². The van der Waals surface area contributed by atoms with Crippen LogP contribution in [-0.2, 0) is 5.41 Å². The highest BCUT2D eigenvalue weighted by molar-refractivity contribution is 5.96. The normalized spacial score (nSPS) is 14.8. The van der Waals surface area contributed by atoms with Crippen molar-refractivity contribution in [2.45, 2.75) is 46.1 Å². The van der Waals surface area contributed by atoms with Crippen LogP contribution in [-0.4, -0.2) is 18.5 Å². The van der Waals surface area contributed by atoms with Crippen LogP contribution in [0.15, 0.2) is 24.3 Å². The lowest BCUT2D eigenvalue weighted by Gasteiger charge is -2.24. The number of nitrogens with one attached hydrogen (secondary N) is 1. The van der Waals surface area contributed by atoms with Crippen molar-refractivity contribution in [1.82, 2.24) is 5.32 Å². The summed E-state index contributed by atoms with van der Waals surface area (Å²) in [6, 6.07) is 7.86. The summed E-state index contributed by atoms with van der Waals surface area (Å²) < 4.78 is 0. The fraction of sp³-hybridized carbons (Fsp3) is 0.562. The largest absolute Gasteiger partial charge is 0.349 e. The molecule has 0 aliphatic rings. The summed E-state index contributed by atoms with van der Waals surface area (Å²) in [6.45, 7) is 11.0. The molecule has 0 radical (unpaired) electrons. The van der Waals surface area contributed by atoms with E-state index in [-0.39, 0.29) is 23.3 Å². The minimum atomic E-state index is -0.0450. The summed E-state index contributed by atoms with van der Waals surface area (Å²) in [6.07, 6.45) is 0. The van der Waals surface area contributed by atoms with Crippen molar-refractivity contribution < 1.29 is 4.79 Å². The molecule has 1 rings (SSSR count). The second-order valence-electron chi connectivity index (χ2n) is 6.27. The van der Waals surface area contributed by atoms with Gasteiger partial charge in [-0.3, -0.25) is 4.79 Å². The van der Waals surface area contributed by atoms with Gasteiger partial charge in [0.05, 0.1) is 0 Å². The van der Waals surface area contributed by atoms with E-state index in [2.05, 4.69) is 26.1 Å². The van der Waals surface area contributed by atoms with Crippen LogP contribution >= 0.6 is 0 Å². The Morgan fingerprint density at radius 2 is 1.84 bits per heavy atom. The van der Waals surface area contributed by atoms with Crippen LogP contribution < -0.4 is 11.1 Å². The highest BCUT2D eigenvalue weighted by Crippen LogP contribution is 2.25. The SMILES string of the molecule is CC(CN)C(C)NC(=O)c1ccccc1C(C)(C)C. The predicted octanol–water partition coefficient (Wildman–Crippen LogP) is 2.70. The zero-order valence-electron chi connectivity index (χ0n) is 12.7. The number of rotatable bonds is 4. The molecule has 0 fully saturated rings. The molecule has 1 aromatic carbocycles. The number of carbonyl (C=O) groups is 1. The summed E-state index contributed by atoms with van der Waals surface area (Å²) >= 11 is 0. The zero-order valence-corrected chi connectivity index (χ0v) is 12.7. The number of benzene rings is 1. The topological polar surface area (TPSA) is 55.1 Å². The first-order valence-electron chi connectivity index (χ1n) is 6.87. The molecule has 2 unspecified atom stereocenters. The molecule has 0 heterocycles. The van der Waals surface area contributed by atoms with Crippen molar-refractivity contribution in [3.05, 3.63) is 35.4 Å². The van der Waals surface area contributed by atoms with Crippen LogP contribution in [0.2, 0.25) is 0 Å². The number of carbonyl (C=O) groups excluding carboxylic acids is 1. The number of amides is 1. The van der Waals surface area contributed by atoms with Gasteiger partial charge in [0, 0.05) is 11.6 Å². The van der Waals surface area contributed by atoms with Gasteiger partial charge in [0.15, 0.2) is 0 Å². The fourth-order valence-electron chi connectivity index (χ4n) is 1.97. The van der Waals surface area contributed by atoms with E-state index >= 15 is 0 Å². The van der Waals surface area contributed by atoms with Crippen molar-refractivity contribution in [1.29, 1.82) is 0 Å². The minimum absolute atomic E-state index is 0.0154. The molecular weight excluding hydrogens is 236 g/mol. The molecule has 2 atom stereocenters. The molecule has 0 aliphatic heterocycles. The van der Waals surface area contributed by atoms with Gasteiger partial charge in [-0.15, -0.1) is 0 Å². The van der Waals surface area contributed by atoms with E-state index in [9.17, 15) is 4.79 Å². The van der Waals surface area contributed by atoms with Crippen molar-refractivity contribution in [3.63, 3.8) is 0 Å². The Morgan fingerprint density at radius 1 is 1.26 bits per heavy atom. The molecule has 0 aliphatic carbocycles. The second kappa shape index (κ2) is 6.20. The second-order valence-corrected chi connectivity index (χ2v) is 6.27. The van der Waals surface area contributed by atoms with Gasteiger partial charge in [0.25, 0.3) is 5.91 Å². The first-order chi connectivity index (χ1) is 8.77. The molecule has 0 aromatic heterocycles. The molecule has 1 aromatic rings. The Balaban J connectivity index is 2.95. The van der Waals surface area contributed by atoms with Gasteiger partial charge in [-0.1, -0.05) is 45.9 Å². The molecule has 106 valence electrons. The van der Waals surface area contributed by atoms with E-state index in [0.29, 0.717) is 6.54 Å². The summed E-state index contributed by atoms with van der Waals surface area (Å²) in [7, 11) is 0. The molecule has 3 heteroatoms. The molecule has 0 saturated heterocycles. The average molecular weight is 262 g/mol. The Morgan fingerprint density at radius 3 is 2.37 bits per heavy atom. The molecule has 19 heavy (non-hydrogen) atoms. The summed E-state index contributed by atoms with van der Waals surface area (Å²) in [5.74, 6) is 0.254. The molecule has 1 amide bonds. The summed E-state index contributed by atoms with van der Waals surface area (Å²) in [5.41, 5.74) is 7.42. The Bertz CT molecular complexity index is 435. The number of hydrogen-bond acceptors (Lipinski definition) is 2. The van der Waals surface area contributed by atoms with Crippen LogP contribution in [0.1, 0.15) is 50.5 Å². The number of nitrogens with two attached hydrogens (primary N) is 1. The minimum Gasteiger partial charge on any atom is -0.349 e. The summed E-state index contributed by atoms with van der Waals surface area (Å²) in [5, 5.41) is 3.04. The quantitative estimate of drug-likeness (QED) is 0.876. The molecular formula is C16H26N2O. The maximum atomic E-state index is 12.4. The van der Waals surface area contributed by atoms with E-state index in [4.69, 9.17) is 5.73 Å². The van der Waals surface area contributed by atoms with Gasteiger partial charge < -0.3 is 11.1 Å². The van der Waals surface area contributed by atoms with Crippen molar-refractivity contribution >= 4 is 5.91 Å². The fourth-order valence-corrected chi connectivity index (χ4v) is 1.97. The van der Waals surface area contributed by atoms with Gasteiger partial charge in [-0.25, -0.2) is 0 Å². The standard InChI is InChI=1S/C16H26N2O/c1-11(10-17)12(2)18-15(19)13-8-6-7-9-14(13)16(3,4)5/h6-9,11-12H,10,17H2,1-5H3,(H,18,19). The summed E-state index contributed by atoms with van der Waals surface area (Å²) in [4.78, 5) is 12.4. The smallest absolute Gasteiger partial charge is 0.251 e. The molecule has 3 nitrogen and oxygen atoms in total. The molecule has 0 bridgehead atoms. The van der Waals surface area contributed by atoms with Crippen LogP contribution in [0.5, 0.6) is 0 Å². The first kappa shape index (κ1) is 15.7. The number of hydrogen-bond donors (Lipinski definition) is 2. The highest BCUT2D eigenvalue weighted by atomic mass is 16.1. The third-order valence-corrected chi connectivity index (χ3v) is 3.56. The molecule has 3 N–H and O–H groups in total. The lowest BCUT2D eigenvalue weighted by molar-refractivity contribution is 0.0927. The van der Waals surface area contributed by atoms with Crippen LogP contribution in [0.25, 0.3) is 0 Å². The average Bonchev–Trinajstić information content (AvgIpc) is 2.36. The molecule has 0 spiro atoms. The van der Waals surface area contributed by atoms with Crippen LogP contribution in [0.3, 0.4) is 0 Å². The Labute approximate surface area is 116 Å². The lowest BCUT2D eigenvalue weighted by Crippen LogP contribution is -2.40. The van der Waals surface area contributed by atoms with E-state index in [1.807, 2.05) is 38.1 Å². The maximum absolute atomic E-state index is 12.4. The Hall–Kier alpha value is -1.35. The van der Waals surface area contributed by atoms with Crippen LogP contribution in [0.4, 0.5) is 0 Å². The van der Waals surface area contributed by atoms with E-state index < -0.39 is 0 Å². The van der Waals surface area contributed by atoms with E-state index in [1.54, 1.807) is 0 Å². The van der Waals surface area contributed by atoms with Crippen LogP contribution in [0, 0.1) is 5.92 Å². The van der Waals surface area contributed by atoms with Crippen molar-refractivity contribution in [2.24, 2.45) is 11.7 Å². The van der Waals surface area contributed by atoms with Crippen molar-refractivity contribution in [3.8, 4) is 0 Å². The first-order valence-corrected chi connectivity index (χ1v) is 6.87. The van der Waals surface area contributed by atoms with Crippen molar-refractivity contribution in [2.75, 3.05) is 6.54 Å². The van der Waals surface area contributed by atoms with Gasteiger partial charge >= 0.3 is 0 Å². The van der Waals surface area contributed by atoms with Gasteiger partial charge in [-0.2, -0.15) is 0 Å². The maximum Gasteiger partial charge on any atom is 0.251 e. The highest BCUT2D eigenvalue weighted by Gasteiger charge is 2.22.